The van der Waals surface area contributed by atoms with E-state index in [1.165, 1.54) is 24.3 Å². The van der Waals surface area contributed by atoms with Crippen LogP contribution in [0.5, 0.6) is 0 Å². The van der Waals surface area contributed by atoms with E-state index in [0.29, 0.717) is 17.6 Å². The molecule has 2 heterocycles. The molecule has 2 aromatic rings. The maximum Gasteiger partial charge on any atom is 0.170 e. The zero-order chi connectivity index (χ0) is 21.3. The van der Waals surface area contributed by atoms with Gasteiger partial charge >= 0.3 is 0 Å². The molecule has 0 spiro atoms. The number of ketones is 2. The number of hydrogen-bond donors (Lipinski definition) is 1. The second kappa shape index (κ2) is 6.89. The fourth-order valence-corrected chi connectivity index (χ4v) is 6.30. The number of carbonyl (C=O) groups is 2. The van der Waals surface area contributed by atoms with E-state index in [9.17, 15) is 14.0 Å². The second-order valence-corrected chi connectivity index (χ2v) is 9.28. The molecule has 5 atom stereocenters. The monoisotopic (exact) mass is 422 g/mol. The summed E-state index contributed by atoms with van der Waals surface area (Å²) < 4.78 is 19.4. The number of hydrogen-bond acceptors (Lipinski definition) is 4. The molecule has 2 aliphatic heterocycles. The summed E-state index contributed by atoms with van der Waals surface area (Å²) >= 11 is 4.81. The third kappa shape index (κ3) is 2.75. The second-order valence-electron chi connectivity index (χ2n) is 8.80. The minimum absolute atomic E-state index is 0.0503. The molecule has 0 aromatic heterocycles. The van der Waals surface area contributed by atoms with Gasteiger partial charge in [0.05, 0.1) is 24.0 Å². The summed E-state index contributed by atoms with van der Waals surface area (Å²) in [5, 5.41) is 0. The molecule has 0 amide bonds. The lowest BCUT2D eigenvalue weighted by Crippen LogP contribution is -2.37. The third-order valence-corrected chi connectivity index (χ3v) is 7.39. The third-order valence-electron chi connectivity index (χ3n) is 6.87. The molecule has 2 fully saturated rings. The van der Waals surface area contributed by atoms with Gasteiger partial charge in [0, 0.05) is 17.1 Å². The smallest absolute Gasteiger partial charge is 0.170 e. The Bertz CT molecular complexity index is 1090. The van der Waals surface area contributed by atoms with Crippen molar-refractivity contribution in [3.63, 3.8) is 0 Å². The number of benzene rings is 2. The van der Waals surface area contributed by atoms with Crippen LogP contribution in [0.2, 0.25) is 0 Å². The number of ether oxygens (including phenoxy) is 1. The van der Waals surface area contributed by atoms with E-state index in [1.54, 1.807) is 0 Å². The van der Waals surface area contributed by atoms with Crippen molar-refractivity contribution in [1.29, 1.82) is 0 Å². The van der Waals surface area contributed by atoms with Crippen molar-refractivity contribution < 1.29 is 18.7 Å². The first-order valence-electron chi connectivity index (χ1n) is 10.3. The molecule has 5 rings (SSSR count). The summed E-state index contributed by atoms with van der Waals surface area (Å²) in [5.74, 6) is -1.13. The normalized spacial score (nSPS) is 29.6. The number of rotatable bonds is 3. The minimum Gasteiger partial charge on any atom is -0.373 e. The van der Waals surface area contributed by atoms with Gasteiger partial charge in [-0.05, 0) is 73.1 Å². The van der Waals surface area contributed by atoms with Crippen LogP contribution in [0.3, 0.4) is 0 Å². The van der Waals surface area contributed by atoms with E-state index in [-0.39, 0.29) is 47.3 Å². The van der Waals surface area contributed by atoms with Crippen LogP contribution >= 0.6 is 12.6 Å². The number of carbonyl (C=O) groups excluding carboxylic acids is 2. The van der Waals surface area contributed by atoms with Gasteiger partial charge in [-0.25, -0.2) is 4.39 Å². The lowest BCUT2D eigenvalue weighted by atomic mass is 9.73. The Morgan fingerprint density at radius 3 is 2.33 bits per heavy atom. The molecule has 0 N–H and O–H groups in total. The van der Waals surface area contributed by atoms with Crippen molar-refractivity contribution in [3.8, 4) is 0 Å². The van der Waals surface area contributed by atoms with Crippen molar-refractivity contribution in [2.24, 2.45) is 17.8 Å². The summed E-state index contributed by atoms with van der Waals surface area (Å²) in [6.45, 7) is 6.10. The predicted octanol–water partition coefficient (Wildman–Crippen LogP) is 4.88. The van der Waals surface area contributed by atoms with E-state index in [2.05, 4.69) is 12.1 Å². The Hall–Kier alpha value is -2.24. The molecule has 2 saturated heterocycles. The van der Waals surface area contributed by atoms with Crippen molar-refractivity contribution in [2.45, 2.75) is 39.4 Å². The van der Waals surface area contributed by atoms with Crippen molar-refractivity contribution in [1.82, 2.24) is 0 Å². The topological polar surface area (TPSA) is 43.4 Å². The fraction of sp³-hybridized carbons (Fsp3) is 0.360. The quantitative estimate of drug-likeness (QED) is 0.567. The van der Waals surface area contributed by atoms with Crippen LogP contribution in [0, 0.1) is 44.3 Å². The Kier molecular flexibility index (Phi) is 4.53. The van der Waals surface area contributed by atoms with Gasteiger partial charge in [0.25, 0.3) is 0 Å². The molecule has 5 heteroatoms. The van der Waals surface area contributed by atoms with E-state index < -0.39 is 0 Å². The van der Waals surface area contributed by atoms with Gasteiger partial charge in [-0.1, -0.05) is 17.7 Å². The molecular weight excluding hydrogens is 399 g/mol. The first kappa shape index (κ1) is 19.7. The summed E-state index contributed by atoms with van der Waals surface area (Å²) in [7, 11) is 0. The Morgan fingerprint density at radius 2 is 1.70 bits per heavy atom. The van der Waals surface area contributed by atoms with Crippen molar-refractivity contribution in [3.05, 3.63) is 74.9 Å². The molecule has 3 unspecified atom stereocenters. The first-order valence-corrected chi connectivity index (χ1v) is 10.7. The average molecular weight is 423 g/mol. The van der Waals surface area contributed by atoms with E-state index in [0.717, 1.165) is 27.2 Å². The molecule has 2 aromatic carbocycles. The van der Waals surface area contributed by atoms with E-state index >= 15 is 0 Å². The predicted molar refractivity (Wildman–Crippen MR) is 116 cm³/mol. The van der Waals surface area contributed by atoms with Gasteiger partial charge in [-0.15, -0.1) is 12.6 Å². The van der Waals surface area contributed by atoms with Gasteiger partial charge in [-0.2, -0.15) is 0 Å². The zero-order valence-corrected chi connectivity index (χ0v) is 18.0. The van der Waals surface area contributed by atoms with Crippen LogP contribution in [-0.4, -0.2) is 23.8 Å². The highest BCUT2D eigenvalue weighted by Gasteiger charge is 2.62. The Morgan fingerprint density at radius 1 is 1.07 bits per heavy atom. The van der Waals surface area contributed by atoms with Gasteiger partial charge < -0.3 is 4.74 Å². The fourth-order valence-electron chi connectivity index (χ4n) is 5.77. The Labute approximate surface area is 180 Å². The number of fused-ring (bicyclic) bond motifs is 5. The summed E-state index contributed by atoms with van der Waals surface area (Å²) in [6, 6.07) is 9.81. The van der Waals surface area contributed by atoms with Crippen molar-refractivity contribution >= 4 is 29.8 Å². The molecule has 3 aliphatic rings. The molecule has 30 heavy (non-hydrogen) atoms. The number of halogens is 1. The lowest BCUT2D eigenvalue weighted by molar-refractivity contribution is -0.118. The SMILES string of the molecule is Cc1cc(C)c(C2=C(S)[C@@H]3C4OC(CC4C(=O)c4ccc(F)cc4)[C@@H]3C2=O)c(C)c1. The summed E-state index contributed by atoms with van der Waals surface area (Å²) in [5.41, 5.74) is 5.43. The molecule has 0 saturated carbocycles. The Balaban J connectivity index is 1.52. The summed E-state index contributed by atoms with van der Waals surface area (Å²) in [6.07, 6.45) is -0.112. The minimum atomic E-state index is -0.369. The number of allylic oxidation sites excluding steroid dienone is 1. The van der Waals surface area contributed by atoms with Crippen LogP contribution in [-0.2, 0) is 9.53 Å². The molecular formula is C25H23FO3S. The molecule has 1 aliphatic carbocycles. The molecule has 154 valence electrons. The van der Waals surface area contributed by atoms with Crippen LogP contribution in [0.1, 0.15) is 39.0 Å². The molecule has 0 radical (unpaired) electrons. The number of Topliss-reactive ketones (excluding diaryl/α,β-unsaturated/α-hetero) is 2. The zero-order valence-electron chi connectivity index (χ0n) is 17.1. The van der Waals surface area contributed by atoms with Gasteiger partial charge in [0.15, 0.2) is 11.6 Å². The van der Waals surface area contributed by atoms with Crippen LogP contribution in [0.25, 0.3) is 5.57 Å². The van der Waals surface area contributed by atoms with Crippen molar-refractivity contribution in [2.75, 3.05) is 0 Å². The molecule has 3 nitrogen and oxygen atoms in total. The standard InChI is InChI=1S/C25H23FO3S/c1-11-8-12(2)18(13(3)9-11)20-23(28)19-17-10-16(24(29-17)21(19)25(20)30)22(27)14-4-6-15(26)7-5-14/h4-9,16-17,19,21,24,30H,10H2,1-3H3/t16?,17?,19-,21-,24?/m0/s1. The number of thiol groups is 1. The molecule has 2 bridgehead atoms. The van der Waals surface area contributed by atoms with E-state index in [4.69, 9.17) is 17.4 Å². The highest BCUT2D eigenvalue weighted by molar-refractivity contribution is 7.84. The maximum absolute atomic E-state index is 13.4. The largest absolute Gasteiger partial charge is 0.373 e. The van der Waals surface area contributed by atoms with Crippen LogP contribution in [0.15, 0.2) is 41.3 Å². The highest BCUT2D eigenvalue weighted by Crippen LogP contribution is 2.58. The van der Waals surface area contributed by atoms with Crippen LogP contribution < -0.4 is 0 Å². The highest BCUT2D eigenvalue weighted by atomic mass is 32.1. The summed E-state index contributed by atoms with van der Waals surface area (Å²) in [4.78, 5) is 27.3. The van der Waals surface area contributed by atoms with E-state index in [1.807, 2.05) is 20.8 Å². The average Bonchev–Trinajstić information content (AvgIpc) is 3.34. The van der Waals surface area contributed by atoms with Gasteiger partial charge in [0.1, 0.15) is 5.82 Å². The van der Waals surface area contributed by atoms with Gasteiger partial charge in [-0.3, -0.25) is 9.59 Å². The lowest BCUT2D eigenvalue weighted by Gasteiger charge is -2.27. The van der Waals surface area contributed by atoms with Gasteiger partial charge in [0.2, 0.25) is 0 Å². The van der Waals surface area contributed by atoms with Crippen LogP contribution in [0.4, 0.5) is 4.39 Å². The number of aryl methyl sites for hydroxylation is 3. The maximum atomic E-state index is 13.4. The first-order chi connectivity index (χ1) is 14.3.